The molecule has 1 heterocycles. The van der Waals surface area contributed by atoms with E-state index in [1.807, 2.05) is 6.26 Å². The highest BCUT2D eigenvalue weighted by molar-refractivity contribution is 7.98. The zero-order valence-electron chi connectivity index (χ0n) is 8.86. The highest BCUT2D eigenvalue weighted by atomic mass is 35.5. The molecule has 0 aliphatic rings. The molecule has 1 aromatic heterocycles. The smallest absolute Gasteiger partial charge is 0.332 e. The Morgan fingerprint density at radius 2 is 2.25 bits per heavy atom. The van der Waals surface area contributed by atoms with Crippen molar-refractivity contribution in [3.05, 3.63) is 21.1 Å². The molecule has 6 nitrogen and oxygen atoms in total. The van der Waals surface area contributed by atoms with Gasteiger partial charge in [0.15, 0.2) is 0 Å². The Balaban J connectivity index is 2.99. The molecule has 0 saturated carbocycles. The molecule has 0 aliphatic carbocycles. The number of nitrogens with one attached hydrogen (secondary N) is 1. The quantitative estimate of drug-likeness (QED) is 0.379. The maximum absolute atomic E-state index is 10.8. The molecule has 0 fully saturated rings. The minimum atomic E-state index is -0.507. The molecule has 0 spiro atoms. The van der Waals surface area contributed by atoms with Crippen LogP contribution in [0, 0.1) is 17.0 Å². The zero-order valence-corrected chi connectivity index (χ0v) is 10.4. The summed E-state index contributed by atoms with van der Waals surface area (Å²) in [6.45, 7) is 2.13. The van der Waals surface area contributed by atoms with Crippen molar-refractivity contribution >= 4 is 34.9 Å². The van der Waals surface area contributed by atoms with Crippen molar-refractivity contribution in [3.63, 3.8) is 0 Å². The van der Waals surface area contributed by atoms with Crippen LogP contribution in [0.5, 0.6) is 0 Å². The fourth-order valence-electron chi connectivity index (χ4n) is 1.15. The first-order chi connectivity index (χ1) is 7.56. The van der Waals surface area contributed by atoms with Gasteiger partial charge in [0.25, 0.3) is 0 Å². The van der Waals surface area contributed by atoms with Crippen molar-refractivity contribution < 1.29 is 4.92 Å². The van der Waals surface area contributed by atoms with E-state index < -0.39 is 4.92 Å². The molecule has 0 aromatic carbocycles. The molecule has 0 unspecified atom stereocenters. The second kappa shape index (κ2) is 5.86. The van der Waals surface area contributed by atoms with Gasteiger partial charge >= 0.3 is 5.69 Å². The number of nitrogens with zero attached hydrogens (tertiary/aromatic N) is 3. The molecule has 1 N–H and O–H groups in total. The maximum Gasteiger partial charge on any atom is 0.332 e. The summed E-state index contributed by atoms with van der Waals surface area (Å²) in [5, 5.41) is 13.7. The average molecular weight is 263 g/mol. The summed E-state index contributed by atoms with van der Waals surface area (Å²) in [6, 6.07) is 0. The van der Waals surface area contributed by atoms with E-state index in [1.54, 1.807) is 11.8 Å². The van der Waals surface area contributed by atoms with Crippen molar-refractivity contribution in [1.29, 1.82) is 0 Å². The molecule has 8 heteroatoms. The highest BCUT2D eigenvalue weighted by Crippen LogP contribution is 2.26. The maximum atomic E-state index is 10.8. The number of aromatic nitrogens is 2. The number of halogens is 1. The molecule has 0 atom stereocenters. The SMILES string of the molecule is CSCCNc1nc(Cl)nc(C)c1[N+](=O)[O-]. The van der Waals surface area contributed by atoms with Crippen LogP contribution < -0.4 is 5.32 Å². The van der Waals surface area contributed by atoms with E-state index >= 15 is 0 Å². The Labute approximate surface area is 102 Å². The molecule has 16 heavy (non-hydrogen) atoms. The summed E-state index contributed by atoms with van der Waals surface area (Å²) in [4.78, 5) is 17.9. The van der Waals surface area contributed by atoms with Gasteiger partial charge in [-0.1, -0.05) is 0 Å². The summed E-state index contributed by atoms with van der Waals surface area (Å²) in [5.41, 5.74) is 0.141. The molecule has 0 radical (unpaired) electrons. The van der Waals surface area contributed by atoms with Crippen molar-refractivity contribution in [3.8, 4) is 0 Å². The zero-order chi connectivity index (χ0) is 12.1. The standard InChI is InChI=1S/C8H11ClN4O2S/c1-5-6(13(14)15)7(10-3-4-16-2)12-8(9)11-5/h3-4H2,1-2H3,(H,10,11,12). The monoisotopic (exact) mass is 262 g/mol. The van der Waals surface area contributed by atoms with Crippen molar-refractivity contribution in [1.82, 2.24) is 9.97 Å². The normalized spacial score (nSPS) is 10.2. The van der Waals surface area contributed by atoms with Gasteiger partial charge in [-0.05, 0) is 24.8 Å². The van der Waals surface area contributed by atoms with E-state index in [4.69, 9.17) is 11.6 Å². The van der Waals surface area contributed by atoms with Gasteiger partial charge in [0, 0.05) is 12.3 Å². The fraction of sp³-hybridized carbons (Fsp3) is 0.500. The van der Waals surface area contributed by atoms with Crippen LogP contribution >= 0.6 is 23.4 Å². The van der Waals surface area contributed by atoms with Crippen LogP contribution in [-0.4, -0.2) is 33.4 Å². The summed E-state index contributed by atoms with van der Waals surface area (Å²) >= 11 is 7.28. The minimum Gasteiger partial charge on any atom is -0.363 e. The van der Waals surface area contributed by atoms with Gasteiger partial charge in [0.2, 0.25) is 11.1 Å². The summed E-state index contributed by atoms with van der Waals surface area (Å²) in [6.07, 6.45) is 1.95. The molecular formula is C8H11ClN4O2S. The predicted octanol–water partition coefficient (Wildman–Crippen LogP) is 2.12. The Kier molecular flexibility index (Phi) is 4.75. The van der Waals surface area contributed by atoms with E-state index in [2.05, 4.69) is 15.3 Å². The Morgan fingerprint density at radius 1 is 1.56 bits per heavy atom. The van der Waals surface area contributed by atoms with E-state index in [0.29, 0.717) is 6.54 Å². The number of rotatable bonds is 5. The topological polar surface area (TPSA) is 81.0 Å². The number of hydrogen-bond acceptors (Lipinski definition) is 6. The van der Waals surface area contributed by atoms with Gasteiger partial charge in [-0.3, -0.25) is 10.1 Å². The second-order valence-corrected chi connectivity index (χ2v) is 4.28. The van der Waals surface area contributed by atoms with Gasteiger partial charge in [0.05, 0.1) is 4.92 Å². The molecule has 88 valence electrons. The molecule has 0 bridgehead atoms. The molecular weight excluding hydrogens is 252 g/mol. The summed E-state index contributed by atoms with van der Waals surface area (Å²) in [7, 11) is 0. The van der Waals surface area contributed by atoms with Crippen molar-refractivity contribution in [2.45, 2.75) is 6.92 Å². The first-order valence-corrected chi connectivity index (χ1v) is 6.24. The van der Waals surface area contributed by atoms with E-state index in [9.17, 15) is 10.1 Å². The molecule has 0 aliphatic heterocycles. The van der Waals surface area contributed by atoms with E-state index in [-0.39, 0.29) is 22.5 Å². The Morgan fingerprint density at radius 3 is 2.81 bits per heavy atom. The highest BCUT2D eigenvalue weighted by Gasteiger charge is 2.21. The molecule has 1 aromatic rings. The van der Waals surface area contributed by atoms with E-state index in [1.165, 1.54) is 6.92 Å². The molecule has 0 saturated heterocycles. The second-order valence-electron chi connectivity index (χ2n) is 2.95. The lowest BCUT2D eigenvalue weighted by molar-refractivity contribution is -0.385. The van der Waals surface area contributed by atoms with Gasteiger partial charge in [-0.15, -0.1) is 0 Å². The van der Waals surface area contributed by atoms with Crippen LogP contribution in [0.1, 0.15) is 5.69 Å². The van der Waals surface area contributed by atoms with Crippen molar-refractivity contribution in [2.24, 2.45) is 0 Å². The number of anilines is 1. The van der Waals surface area contributed by atoms with Crippen LogP contribution in [0.25, 0.3) is 0 Å². The molecule has 0 amide bonds. The lowest BCUT2D eigenvalue weighted by Gasteiger charge is -2.06. The van der Waals surface area contributed by atoms with Gasteiger partial charge in [0.1, 0.15) is 5.69 Å². The van der Waals surface area contributed by atoms with Crippen molar-refractivity contribution in [2.75, 3.05) is 23.9 Å². The lowest BCUT2D eigenvalue weighted by atomic mass is 10.3. The van der Waals surface area contributed by atoms with Gasteiger partial charge in [-0.25, -0.2) is 4.98 Å². The third kappa shape index (κ3) is 3.21. The van der Waals surface area contributed by atoms with Crippen LogP contribution in [0.4, 0.5) is 11.5 Å². The predicted molar refractivity (Wildman–Crippen MR) is 65.3 cm³/mol. The first-order valence-electron chi connectivity index (χ1n) is 4.47. The van der Waals surface area contributed by atoms with Crippen LogP contribution in [0.2, 0.25) is 5.28 Å². The fourth-order valence-corrected chi connectivity index (χ4v) is 1.66. The lowest BCUT2D eigenvalue weighted by Crippen LogP contribution is -2.10. The number of thioether (sulfide) groups is 1. The Bertz CT molecular complexity index is 402. The van der Waals surface area contributed by atoms with E-state index in [0.717, 1.165) is 5.75 Å². The summed E-state index contributed by atoms with van der Waals surface area (Å²) in [5.74, 6) is 1.01. The van der Waals surface area contributed by atoms with Gasteiger partial charge < -0.3 is 5.32 Å². The summed E-state index contributed by atoms with van der Waals surface area (Å²) < 4.78 is 0. The number of aryl methyl sites for hydroxylation is 1. The largest absolute Gasteiger partial charge is 0.363 e. The number of hydrogen-bond donors (Lipinski definition) is 1. The third-order valence-electron chi connectivity index (χ3n) is 1.81. The van der Waals surface area contributed by atoms with Crippen LogP contribution in [0.15, 0.2) is 0 Å². The molecule has 1 rings (SSSR count). The third-order valence-corrected chi connectivity index (χ3v) is 2.59. The number of nitro groups is 1. The van der Waals surface area contributed by atoms with Gasteiger partial charge in [-0.2, -0.15) is 16.7 Å². The first kappa shape index (κ1) is 13.0. The minimum absolute atomic E-state index is 0.00903. The Hall–Kier alpha value is -1.08. The van der Waals surface area contributed by atoms with Crippen LogP contribution in [-0.2, 0) is 0 Å². The van der Waals surface area contributed by atoms with Crippen LogP contribution in [0.3, 0.4) is 0 Å². The average Bonchev–Trinajstić information content (AvgIpc) is 2.16.